The number of hydrogen-bond acceptors (Lipinski definition) is 0. The molecule has 6 heteroatoms. The summed E-state index contributed by atoms with van der Waals surface area (Å²) in [5.41, 5.74) is 11.3. The van der Waals surface area contributed by atoms with E-state index in [0.717, 1.165) is 70.5 Å². The Morgan fingerprint density at radius 1 is 0.455 bits per heavy atom. The van der Waals surface area contributed by atoms with Crippen molar-refractivity contribution in [2.45, 2.75) is 65.3 Å². The van der Waals surface area contributed by atoms with Gasteiger partial charge in [-0.05, 0) is 34.7 Å². The zero-order valence-electron chi connectivity index (χ0n) is 26.3. The van der Waals surface area contributed by atoms with Crippen LogP contribution in [0.1, 0.15) is 38.2 Å². The topological polar surface area (TPSA) is 47.0 Å². The Kier molecular flexibility index (Phi) is 11.1. The average Bonchev–Trinajstić information content (AvgIpc) is 3.07. The molecule has 0 spiro atoms. The van der Waals surface area contributed by atoms with Crippen LogP contribution in [-0.2, 0) is 32.7 Å². The highest BCUT2D eigenvalue weighted by Crippen LogP contribution is 2.17. The summed E-state index contributed by atoms with van der Waals surface area (Å²) in [5, 5.41) is 0. The van der Waals surface area contributed by atoms with Crippen LogP contribution < -0.4 is 28.6 Å². The summed E-state index contributed by atoms with van der Waals surface area (Å²) in [5.74, 6) is 0. The third-order valence-electron chi connectivity index (χ3n) is 8.20. The van der Waals surface area contributed by atoms with Crippen LogP contribution in [0.15, 0.2) is 129 Å². The van der Waals surface area contributed by atoms with Gasteiger partial charge in [0.25, 0.3) is 0 Å². The third-order valence-corrected chi connectivity index (χ3v) is 8.20. The van der Waals surface area contributed by atoms with Gasteiger partial charge in [0.15, 0.2) is 68.5 Å². The molecule has 0 aromatic carbocycles. The molecule has 0 aliphatic rings. The van der Waals surface area contributed by atoms with Crippen LogP contribution in [0.25, 0.3) is 27.8 Å². The first kappa shape index (κ1) is 30.9. The highest BCUT2D eigenvalue weighted by Gasteiger charge is 2.09. The van der Waals surface area contributed by atoms with Crippen LogP contribution in [-0.4, -0.2) is 6.54 Å². The molecule has 6 nitrogen and oxygen atoms in total. The molecule has 0 atom stereocenters. The van der Waals surface area contributed by atoms with Gasteiger partial charge < -0.3 is 5.73 Å². The lowest BCUT2D eigenvalue weighted by atomic mass is 10.1. The fourth-order valence-electron chi connectivity index (χ4n) is 5.45. The number of rotatable bonds is 15. The second-order valence-electron chi connectivity index (χ2n) is 11.7. The van der Waals surface area contributed by atoms with Crippen molar-refractivity contribution in [1.82, 2.24) is 0 Å². The van der Waals surface area contributed by atoms with E-state index in [1.165, 1.54) is 27.8 Å². The minimum Gasteiger partial charge on any atom is -0.352 e. The van der Waals surface area contributed by atoms with E-state index in [-0.39, 0.29) is 0 Å². The van der Waals surface area contributed by atoms with Crippen molar-refractivity contribution in [3.8, 4) is 22.3 Å². The molecule has 0 saturated carbocycles. The van der Waals surface area contributed by atoms with Crippen molar-refractivity contribution in [2.75, 3.05) is 6.54 Å². The highest BCUT2D eigenvalue weighted by atomic mass is 15.0. The van der Waals surface area contributed by atoms with Gasteiger partial charge in [0.05, 0.1) is 0 Å². The maximum atomic E-state index is 4.01. The molecule has 0 amide bonds. The Labute approximate surface area is 262 Å². The molecule has 5 aromatic heterocycles. The summed E-state index contributed by atoms with van der Waals surface area (Å²) in [6, 6.07) is 22.0. The monoisotopic (exact) mass is 588 g/mol. The molecule has 0 bridgehead atoms. The molecule has 44 heavy (non-hydrogen) atoms. The Morgan fingerprint density at radius 2 is 0.705 bits per heavy atom. The van der Waals surface area contributed by atoms with Gasteiger partial charge in [-0.25, -0.2) is 18.3 Å². The first-order valence-corrected chi connectivity index (χ1v) is 16.0. The molecule has 5 rings (SSSR count). The van der Waals surface area contributed by atoms with Crippen LogP contribution in [0.4, 0.5) is 0 Å². The van der Waals surface area contributed by atoms with Crippen LogP contribution in [0, 0.1) is 0 Å². The van der Waals surface area contributed by atoms with Gasteiger partial charge in [-0.1, -0.05) is 12.2 Å². The standard InChI is InChI=1S/C38H47N6/c1-33(2)34-7-22-40(23-8-34)18-3-4-19-41-24-9-35(10-25-41)36-11-26-42(27-12-36)20-5-6-21-43-28-13-37(14-29-43)38-15-30-44(31-16-38)32-17-39/h7-16,22-31H,1,3-6,17-21,32,39H2,2H3/q+5/p+1. The van der Waals surface area contributed by atoms with Gasteiger partial charge in [-0.2, -0.15) is 4.57 Å². The molecule has 224 valence electrons. The summed E-state index contributed by atoms with van der Waals surface area (Å²) in [6.45, 7) is 12.1. The lowest BCUT2D eigenvalue weighted by Gasteiger charge is -2.03. The van der Waals surface area contributed by atoms with Crippen LogP contribution in [0.2, 0.25) is 0 Å². The van der Waals surface area contributed by atoms with Gasteiger partial charge in [0.2, 0.25) is 0 Å². The predicted octanol–water partition coefficient (Wildman–Crippen LogP) is 3.69. The molecule has 0 unspecified atom stereocenters. The van der Waals surface area contributed by atoms with E-state index in [4.69, 9.17) is 0 Å². The quantitative estimate of drug-likeness (QED) is 0.143. The maximum Gasteiger partial charge on any atom is 0.196 e. The van der Waals surface area contributed by atoms with Crippen molar-refractivity contribution in [3.05, 3.63) is 135 Å². The van der Waals surface area contributed by atoms with E-state index in [1.54, 1.807) is 0 Å². The highest BCUT2D eigenvalue weighted by molar-refractivity contribution is 5.62. The molecule has 3 N–H and O–H groups in total. The minimum absolute atomic E-state index is 0.904. The molecule has 0 aliphatic carbocycles. The number of nitrogens with zero attached hydrogens (tertiary/aromatic N) is 5. The minimum atomic E-state index is 0.904. The predicted molar refractivity (Wildman–Crippen MR) is 172 cm³/mol. The number of aromatic nitrogens is 5. The van der Waals surface area contributed by atoms with Crippen LogP contribution in [0.5, 0.6) is 0 Å². The van der Waals surface area contributed by atoms with E-state index in [1.807, 2.05) is 6.92 Å². The van der Waals surface area contributed by atoms with Gasteiger partial charge in [-0.15, -0.1) is 0 Å². The summed E-state index contributed by atoms with van der Waals surface area (Å²) >= 11 is 0. The first-order chi connectivity index (χ1) is 21.6. The third kappa shape index (κ3) is 8.98. The Hall–Kier alpha value is -4.55. The molecule has 5 heterocycles. The molecule has 0 fully saturated rings. The number of quaternary nitrogens is 1. The van der Waals surface area contributed by atoms with E-state index >= 15 is 0 Å². The molecule has 0 radical (unpaired) electrons. The summed E-state index contributed by atoms with van der Waals surface area (Å²) < 4.78 is 11.3. The summed E-state index contributed by atoms with van der Waals surface area (Å²) in [6.07, 6.45) is 26.4. The Morgan fingerprint density at radius 3 is 0.955 bits per heavy atom. The Bertz CT molecular complexity index is 1590. The van der Waals surface area contributed by atoms with Crippen molar-refractivity contribution < 1.29 is 28.6 Å². The second kappa shape index (κ2) is 15.8. The van der Waals surface area contributed by atoms with Gasteiger partial charge >= 0.3 is 0 Å². The van der Waals surface area contributed by atoms with Crippen molar-refractivity contribution in [2.24, 2.45) is 0 Å². The fraction of sp³-hybridized carbons (Fsp3) is 0.289. The van der Waals surface area contributed by atoms with Gasteiger partial charge in [0, 0.05) is 86.3 Å². The lowest BCUT2D eigenvalue weighted by molar-refractivity contribution is -0.711. The lowest BCUT2D eigenvalue weighted by Crippen LogP contribution is -2.56. The molecule has 0 aliphatic heterocycles. The van der Waals surface area contributed by atoms with E-state index < -0.39 is 0 Å². The molecular weight excluding hydrogens is 540 g/mol. The molecule has 0 saturated heterocycles. The number of allylic oxidation sites excluding steroid dienone is 1. The van der Waals surface area contributed by atoms with Crippen LogP contribution >= 0.6 is 0 Å². The number of aryl methyl sites for hydroxylation is 4. The number of unbranched alkanes of at least 4 members (excludes halogenated alkanes) is 2. The normalized spacial score (nSPS) is 11.0. The van der Waals surface area contributed by atoms with Gasteiger partial charge in [-0.3, -0.25) is 0 Å². The molecule has 5 aromatic rings. The summed E-state index contributed by atoms with van der Waals surface area (Å²) in [4.78, 5) is 0. The molecular formula is C38H48N6+6. The zero-order chi connectivity index (χ0) is 30.6. The second-order valence-corrected chi connectivity index (χ2v) is 11.7. The zero-order valence-corrected chi connectivity index (χ0v) is 26.3. The van der Waals surface area contributed by atoms with Crippen molar-refractivity contribution >= 4 is 5.57 Å². The Balaban J connectivity index is 1.01. The maximum absolute atomic E-state index is 4.01. The van der Waals surface area contributed by atoms with Crippen molar-refractivity contribution in [1.29, 1.82) is 0 Å². The van der Waals surface area contributed by atoms with E-state index in [0.29, 0.717) is 0 Å². The number of hydrogen-bond donors (Lipinski definition) is 1. The summed E-state index contributed by atoms with van der Waals surface area (Å²) in [7, 11) is 0. The fourth-order valence-corrected chi connectivity index (χ4v) is 5.45. The van der Waals surface area contributed by atoms with E-state index in [9.17, 15) is 0 Å². The smallest absolute Gasteiger partial charge is 0.196 e. The largest absolute Gasteiger partial charge is 0.352 e. The van der Waals surface area contributed by atoms with E-state index in [2.05, 4.69) is 158 Å². The first-order valence-electron chi connectivity index (χ1n) is 16.0. The number of pyridine rings is 5. The van der Waals surface area contributed by atoms with Crippen LogP contribution in [0.3, 0.4) is 0 Å². The van der Waals surface area contributed by atoms with Gasteiger partial charge in [0.1, 0.15) is 32.7 Å². The van der Waals surface area contributed by atoms with Crippen molar-refractivity contribution in [3.63, 3.8) is 0 Å². The SMILES string of the molecule is C=C(C)c1cc[n+](CCCC[n+]2ccc(-c3cc[n+](CCCC[n+]4ccc(-c5cc[n+](CC[NH3+])cc5)cc4)cc3)cc2)cc1. The average molecular weight is 589 g/mol.